The minimum atomic E-state index is 0.195. The fourth-order valence-electron chi connectivity index (χ4n) is 2.57. The predicted molar refractivity (Wildman–Crippen MR) is 80.3 cm³/mol. The molecule has 0 bridgehead atoms. The first kappa shape index (κ1) is 13.7. The molecule has 2 aromatic heterocycles. The van der Waals surface area contributed by atoms with Gasteiger partial charge in [0.15, 0.2) is 0 Å². The molecule has 0 amide bonds. The number of anilines is 1. The molecule has 0 radical (unpaired) electrons. The zero-order valence-electron chi connectivity index (χ0n) is 11.8. The Morgan fingerprint density at radius 3 is 2.47 bits per heavy atom. The maximum Gasteiger partial charge on any atom is 0.122 e. The second kappa shape index (κ2) is 5.10. The summed E-state index contributed by atoms with van der Waals surface area (Å²) in [6.45, 7) is 8.37. The molecule has 2 aromatic rings. The van der Waals surface area contributed by atoms with E-state index in [0.29, 0.717) is 17.3 Å². The summed E-state index contributed by atoms with van der Waals surface area (Å²) in [6, 6.07) is 6.61. The van der Waals surface area contributed by atoms with Gasteiger partial charge in [0.1, 0.15) is 11.9 Å². The number of nitrogens with zero attached hydrogens (tertiary/aromatic N) is 2. The first-order valence-corrected chi connectivity index (χ1v) is 7.27. The molecular weight excluding hydrogens is 254 g/mol. The van der Waals surface area contributed by atoms with Crippen LogP contribution in [0.2, 0.25) is 0 Å². The zero-order chi connectivity index (χ0) is 14.2. The van der Waals surface area contributed by atoms with Crippen LogP contribution in [0.5, 0.6) is 0 Å². The molecule has 0 aromatic carbocycles. The molecule has 1 atom stereocenters. The van der Waals surface area contributed by atoms with E-state index in [9.17, 15) is 5.26 Å². The third-order valence-corrected chi connectivity index (χ3v) is 4.59. The maximum atomic E-state index is 9.25. The highest BCUT2D eigenvalue weighted by atomic mass is 32.1. The summed E-state index contributed by atoms with van der Waals surface area (Å²) in [5, 5.41) is 11.3. The smallest absolute Gasteiger partial charge is 0.122 e. The quantitative estimate of drug-likeness (QED) is 0.923. The van der Waals surface area contributed by atoms with Gasteiger partial charge < -0.3 is 10.3 Å². The van der Waals surface area contributed by atoms with E-state index in [1.165, 1.54) is 4.88 Å². The maximum absolute atomic E-state index is 9.25. The first-order chi connectivity index (χ1) is 8.99. The SMILES string of the molecule is Cc1c(C#N)c(N)n(C(c2cccs2)C(C)C)c1C. The Kier molecular flexibility index (Phi) is 3.68. The van der Waals surface area contributed by atoms with Crippen LogP contribution in [-0.2, 0) is 0 Å². The number of nitrogens with two attached hydrogens (primary N) is 1. The molecule has 1 unspecified atom stereocenters. The Balaban J connectivity index is 2.66. The van der Waals surface area contributed by atoms with Gasteiger partial charge in [0.25, 0.3) is 0 Å². The van der Waals surface area contributed by atoms with Crippen LogP contribution in [0.3, 0.4) is 0 Å². The van der Waals surface area contributed by atoms with Crippen LogP contribution in [0.1, 0.15) is 41.6 Å². The molecule has 2 rings (SSSR count). The van der Waals surface area contributed by atoms with E-state index in [1.807, 2.05) is 13.8 Å². The number of aromatic nitrogens is 1. The van der Waals surface area contributed by atoms with E-state index >= 15 is 0 Å². The van der Waals surface area contributed by atoms with Gasteiger partial charge in [-0.25, -0.2) is 0 Å². The highest BCUT2D eigenvalue weighted by molar-refractivity contribution is 7.10. The zero-order valence-corrected chi connectivity index (χ0v) is 12.6. The predicted octanol–water partition coefficient (Wildman–Crippen LogP) is 3.87. The van der Waals surface area contributed by atoms with Crippen LogP contribution >= 0.6 is 11.3 Å². The number of thiophene rings is 1. The molecule has 0 aliphatic heterocycles. The molecule has 0 saturated carbocycles. The van der Waals surface area contributed by atoms with Gasteiger partial charge >= 0.3 is 0 Å². The second-order valence-corrected chi connectivity index (χ2v) is 6.14. The van der Waals surface area contributed by atoms with Gasteiger partial charge in [-0.2, -0.15) is 5.26 Å². The van der Waals surface area contributed by atoms with Crippen molar-refractivity contribution in [3.8, 4) is 6.07 Å². The molecule has 19 heavy (non-hydrogen) atoms. The summed E-state index contributed by atoms with van der Waals surface area (Å²) < 4.78 is 2.12. The molecule has 2 N–H and O–H groups in total. The largest absolute Gasteiger partial charge is 0.384 e. The van der Waals surface area contributed by atoms with E-state index in [-0.39, 0.29) is 6.04 Å². The highest BCUT2D eigenvalue weighted by Gasteiger charge is 2.25. The fourth-order valence-corrected chi connectivity index (χ4v) is 3.56. The monoisotopic (exact) mass is 273 g/mol. The average molecular weight is 273 g/mol. The Morgan fingerprint density at radius 2 is 2.05 bits per heavy atom. The van der Waals surface area contributed by atoms with Crippen LogP contribution in [0.25, 0.3) is 0 Å². The normalized spacial score (nSPS) is 12.6. The standard InChI is InChI=1S/C15H19N3S/c1-9(2)14(13-6-5-7-19-13)18-11(4)10(3)12(8-16)15(18)17/h5-7,9,14H,17H2,1-4H3. The van der Waals surface area contributed by atoms with Gasteiger partial charge in [-0.15, -0.1) is 11.3 Å². The second-order valence-electron chi connectivity index (χ2n) is 5.16. The fraction of sp³-hybridized carbons (Fsp3) is 0.400. The summed E-state index contributed by atoms with van der Waals surface area (Å²) >= 11 is 1.74. The van der Waals surface area contributed by atoms with E-state index < -0.39 is 0 Å². The highest BCUT2D eigenvalue weighted by Crippen LogP contribution is 2.36. The molecule has 100 valence electrons. The van der Waals surface area contributed by atoms with Crippen molar-refractivity contribution >= 4 is 17.2 Å². The van der Waals surface area contributed by atoms with Gasteiger partial charge in [0.2, 0.25) is 0 Å². The molecule has 0 saturated heterocycles. The molecule has 0 spiro atoms. The number of nitriles is 1. The summed E-state index contributed by atoms with van der Waals surface area (Å²) in [4.78, 5) is 1.28. The van der Waals surface area contributed by atoms with Crippen molar-refractivity contribution in [3.63, 3.8) is 0 Å². The lowest BCUT2D eigenvalue weighted by molar-refractivity contribution is 0.442. The topological polar surface area (TPSA) is 54.7 Å². The van der Waals surface area contributed by atoms with Gasteiger partial charge in [-0.3, -0.25) is 0 Å². The van der Waals surface area contributed by atoms with Crippen LogP contribution in [-0.4, -0.2) is 4.57 Å². The van der Waals surface area contributed by atoms with E-state index in [2.05, 4.69) is 42.0 Å². The minimum absolute atomic E-state index is 0.195. The average Bonchev–Trinajstić information content (AvgIpc) is 2.93. The van der Waals surface area contributed by atoms with Crippen molar-refractivity contribution in [1.29, 1.82) is 5.26 Å². The minimum Gasteiger partial charge on any atom is -0.384 e. The molecule has 4 heteroatoms. The van der Waals surface area contributed by atoms with Crippen molar-refractivity contribution in [2.24, 2.45) is 5.92 Å². The summed E-state index contributed by atoms with van der Waals surface area (Å²) in [5.74, 6) is 1.00. The molecule has 3 nitrogen and oxygen atoms in total. The number of hydrogen-bond acceptors (Lipinski definition) is 3. The molecule has 0 aliphatic rings. The molecule has 0 fully saturated rings. The Bertz CT molecular complexity index is 615. The van der Waals surface area contributed by atoms with Crippen LogP contribution in [0.15, 0.2) is 17.5 Å². The van der Waals surface area contributed by atoms with E-state index in [4.69, 9.17) is 5.73 Å². The summed E-state index contributed by atoms with van der Waals surface area (Å²) in [7, 11) is 0. The third-order valence-electron chi connectivity index (χ3n) is 3.65. The lowest BCUT2D eigenvalue weighted by Gasteiger charge is -2.25. The molecular formula is C15H19N3S. The first-order valence-electron chi connectivity index (χ1n) is 6.39. The molecule has 0 aliphatic carbocycles. The van der Waals surface area contributed by atoms with Crippen molar-refractivity contribution in [1.82, 2.24) is 4.57 Å². The van der Waals surface area contributed by atoms with Crippen molar-refractivity contribution < 1.29 is 0 Å². The lowest BCUT2D eigenvalue weighted by Crippen LogP contribution is -2.18. The summed E-state index contributed by atoms with van der Waals surface area (Å²) in [5.41, 5.74) is 8.89. The number of hydrogen-bond donors (Lipinski definition) is 1. The van der Waals surface area contributed by atoms with Crippen LogP contribution < -0.4 is 5.73 Å². The number of nitrogen functional groups attached to an aromatic ring is 1. The van der Waals surface area contributed by atoms with Gasteiger partial charge in [-0.05, 0) is 36.8 Å². The van der Waals surface area contributed by atoms with Crippen molar-refractivity contribution in [2.75, 3.05) is 5.73 Å². The van der Waals surface area contributed by atoms with Crippen molar-refractivity contribution in [3.05, 3.63) is 39.2 Å². The van der Waals surface area contributed by atoms with Gasteiger partial charge in [-0.1, -0.05) is 19.9 Å². The van der Waals surface area contributed by atoms with E-state index in [0.717, 1.165) is 11.3 Å². The lowest BCUT2D eigenvalue weighted by atomic mass is 10.0. The van der Waals surface area contributed by atoms with E-state index in [1.54, 1.807) is 11.3 Å². The van der Waals surface area contributed by atoms with Crippen LogP contribution in [0.4, 0.5) is 5.82 Å². The molecule has 2 heterocycles. The Hall–Kier alpha value is -1.73. The number of rotatable bonds is 3. The van der Waals surface area contributed by atoms with Crippen molar-refractivity contribution in [2.45, 2.75) is 33.7 Å². The van der Waals surface area contributed by atoms with Gasteiger partial charge in [0, 0.05) is 10.6 Å². The van der Waals surface area contributed by atoms with Crippen LogP contribution in [0, 0.1) is 31.1 Å². The summed E-state index contributed by atoms with van der Waals surface area (Å²) in [6.07, 6.45) is 0. The van der Waals surface area contributed by atoms with Gasteiger partial charge in [0.05, 0.1) is 11.6 Å². The Morgan fingerprint density at radius 1 is 1.37 bits per heavy atom. The third kappa shape index (κ3) is 2.15. The Labute approximate surface area is 118 Å².